The number of carbonyl (C=O) groups excluding carboxylic acids is 1. The van der Waals surface area contributed by atoms with E-state index in [1.54, 1.807) is 18.7 Å². The highest BCUT2D eigenvalue weighted by Crippen LogP contribution is 2.21. The number of sulfonamides is 1. The first-order valence-electron chi connectivity index (χ1n) is 7.47. The molecule has 0 saturated carbocycles. The van der Waals surface area contributed by atoms with E-state index in [0.29, 0.717) is 19.0 Å². The molecule has 128 valence electrons. The van der Waals surface area contributed by atoms with Crippen molar-refractivity contribution in [3.63, 3.8) is 0 Å². The van der Waals surface area contributed by atoms with Crippen molar-refractivity contribution in [3.05, 3.63) is 29.8 Å². The predicted molar refractivity (Wildman–Crippen MR) is 81.2 cm³/mol. The van der Waals surface area contributed by atoms with Crippen LogP contribution in [0.1, 0.15) is 20.3 Å². The van der Waals surface area contributed by atoms with Gasteiger partial charge in [-0.25, -0.2) is 17.2 Å². The average Bonchev–Trinajstić information content (AvgIpc) is 2.72. The van der Waals surface area contributed by atoms with Crippen LogP contribution in [0.5, 0.6) is 0 Å². The lowest BCUT2D eigenvalue weighted by molar-refractivity contribution is -0.134. The van der Waals surface area contributed by atoms with Crippen molar-refractivity contribution in [1.29, 1.82) is 0 Å². The molecule has 1 aromatic carbocycles. The number of hydrogen-bond acceptors (Lipinski definition) is 3. The van der Waals surface area contributed by atoms with Gasteiger partial charge < -0.3 is 4.90 Å². The van der Waals surface area contributed by atoms with E-state index in [1.165, 1.54) is 0 Å². The molecule has 0 aliphatic carbocycles. The molecule has 5 nitrogen and oxygen atoms in total. The van der Waals surface area contributed by atoms with Gasteiger partial charge in [-0.3, -0.25) is 4.79 Å². The second-order valence-corrected chi connectivity index (χ2v) is 7.72. The van der Waals surface area contributed by atoms with Crippen molar-refractivity contribution in [2.75, 3.05) is 26.2 Å². The van der Waals surface area contributed by atoms with Crippen molar-refractivity contribution in [2.24, 2.45) is 5.92 Å². The van der Waals surface area contributed by atoms with Gasteiger partial charge in [-0.15, -0.1) is 0 Å². The first-order chi connectivity index (χ1) is 10.7. The lowest BCUT2D eigenvalue weighted by Gasteiger charge is -2.23. The Labute approximate surface area is 134 Å². The van der Waals surface area contributed by atoms with Crippen molar-refractivity contribution in [3.8, 4) is 0 Å². The second kappa shape index (κ2) is 6.92. The van der Waals surface area contributed by atoms with E-state index in [1.807, 2.05) is 0 Å². The van der Waals surface area contributed by atoms with E-state index in [2.05, 4.69) is 0 Å². The van der Waals surface area contributed by atoms with Gasteiger partial charge in [0.2, 0.25) is 15.9 Å². The van der Waals surface area contributed by atoms with Crippen molar-refractivity contribution in [1.82, 2.24) is 9.21 Å². The topological polar surface area (TPSA) is 57.7 Å². The summed E-state index contributed by atoms with van der Waals surface area (Å²) in [5.74, 6) is -2.12. The molecule has 1 aliphatic rings. The maximum Gasteiger partial charge on any atom is 0.246 e. The summed E-state index contributed by atoms with van der Waals surface area (Å²) in [4.78, 5) is 13.1. The molecule has 1 saturated heterocycles. The van der Waals surface area contributed by atoms with Crippen LogP contribution in [0.4, 0.5) is 8.78 Å². The first kappa shape index (κ1) is 17.8. The molecular weight excluding hydrogens is 326 g/mol. The minimum Gasteiger partial charge on any atom is -0.341 e. The van der Waals surface area contributed by atoms with Gasteiger partial charge in [0, 0.05) is 38.2 Å². The third-order valence-corrected chi connectivity index (χ3v) is 5.70. The van der Waals surface area contributed by atoms with Gasteiger partial charge in [0.15, 0.2) is 0 Å². The van der Waals surface area contributed by atoms with Crippen molar-refractivity contribution >= 4 is 15.9 Å². The van der Waals surface area contributed by atoms with E-state index < -0.39 is 26.6 Å². The number of amides is 1. The third kappa shape index (κ3) is 3.87. The molecule has 0 spiro atoms. The summed E-state index contributed by atoms with van der Waals surface area (Å²) in [5.41, 5.74) is 0. The zero-order chi connectivity index (χ0) is 17.2. The summed E-state index contributed by atoms with van der Waals surface area (Å²) in [6, 6.07) is 2.41. The largest absolute Gasteiger partial charge is 0.341 e. The van der Waals surface area contributed by atoms with Crippen LogP contribution in [0.15, 0.2) is 23.1 Å². The number of carbonyl (C=O) groups is 1. The second-order valence-electron chi connectivity index (χ2n) is 5.81. The molecule has 0 radical (unpaired) electrons. The highest BCUT2D eigenvalue weighted by molar-refractivity contribution is 7.89. The Kier molecular flexibility index (Phi) is 5.36. The number of halogens is 2. The normalized spacial score (nSPS) is 17.3. The van der Waals surface area contributed by atoms with Gasteiger partial charge >= 0.3 is 0 Å². The van der Waals surface area contributed by atoms with E-state index in [4.69, 9.17) is 0 Å². The SMILES string of the molecule is CC(C)C(=O)N1CCCN(S(=O)(=O)c2ccc(F)cc2F)CC1. The van der Waals surface area contributed by atoms with Gasteiger partial charge in [0.05, 0.1) is 0 Å². The van der Waals surface area contributed by atoms with Gasteiger partial charge in [0.25, 0.3) is 0 Å². The molecule has 1 fully saturated rings. The van der Waals surface area contributed by atoms with E-state index in [0.717, 1.165) is 16.4 Å². The summed E-state index contributed by atoms with van der Waals surface area (Å²) in [6.45, 7) is 4.60. The van der Waals surface area contributed by atoms with Crippen LogP contribution in [-0.2, 0) is 14.8 Å². The minimum atomic E-state index is -4.05. The zero-order valence-corrected chi connectivity index (χ0v) is 13.9. The Morgan fingerprint density at radius 1 is 1.13 bits per heavy atom. The molecule has 2 rings (SSSR count). The predicted octanol–water partition coefficient (Wildman–Crippen LogP) is 1.84. The monoisotopic (exact) mass is 346 g/mol. The van der Waals surface area contributed by atoms with Crippen LogP contribution < -0.4 is 0 Å². The molecular formula is C15H20F2N2O3S. The summed E-state index contributed by atoms with van der Waals surface area (Å²) >= 11 is 0. The maximum atomic E-state index is 13.8. The fourth-order valence-corrected chi connectivity index (χ4v) is 4.06. The van der Waals surface area contributed by atoms with Crippen molar-refractivity contribution < 1.29 is 22.0 Å². The fraction of sp³-hybridized carbons (Fsp3) is 0.533. The van der Waals surface area contributed by atoms with Crippen LogP contribution in [-0.4, -0.2) is 49.7 Å². The Morgan fingerprint density at radius 2 is 1.83 bits per heavy atom. The average molecular weight is 346 g/mol. The van der Waals surface area contributed by atoms with E-state index in [9.17, 15) is 22.0 Å². The van der Waals surface area contributed by atoms with Crippen LogP contribution in [0.3, 0.4) is 0 Å². The molecule has 0 N–H and O–H groups in total. The molecule has 0 unspecified atom stereocenters. The highest BCUT2D eigenvalue weighted by atomic mass is 32.2. The molecule has 1 amide bonds. The number of hydrogen-bond donors (Lipinski definition) is 0. The molecule has 0 aromatic heterocycles. The minimum absolute atomic E-state index is 0.0304. The Balaban J connectivity index is 2.20. The molecule has 1 aromatic rings. The van der Waals surface area contributed by atoms with E-state index >= 15 is 0 Å². The molecule has 0 atom stereocenters. The molecule has 1 aliphatic heterocycles. The number of nitrogens with zero attached hydrogens (tertiary/aromatic N) is 2. The standard InChI is InChI=1S/C15H20F2N2O3S/c1-11(2)15(20)18-6-3-7-19(9-8-18)23(21,22)14-5-4-12(16)10-13(14)17/h4-5,10-11H,3,6-9H2,1-2H3. The lowest BCUT2D eigenvalue weighted by Crippen LogP contribution is -2.39. The van der Waals surface area contributed by atoms with Gasteiger partial charge in [-0.2, -0.15) is 4.31 Å². The fourth-order valence-electron chi connectivity index (χ4n) is 2.54. The van der Waals surface area contributed by atoms with Crippen LogP contribution in [0.25, 0.3) is 0 Å². The Bertz CT molecular complexity index is 692. The van der Waals surface area contributed by atoms with Crippen LogP contribution in [0.2, 0.25) is 0 Å². The molecule has 1 heterocycles. The summed E-state index contributed by atoms with van der Waals surface area (Å²) in [7, 11) is -4.05. The molecule has 23 heavy (non-hydrogen) atoms. The number of benzene rings is 1. The van der Waals surface area contributed by atoms with Gasteiger partial charge in [-0.05, 0) is 18.6 Å². The number of rotatable bonds is 3. The lowest BCUT2D eigenvalue weighted by atomic mass is 10.2. The third-order valence-electron chi connectivity index (χ3n) is 3.77. The van der Waals surface area contributed by atoms with Gasteiger partial charge in [0.1, 0.15) is 16.5 Å². The Morgan fingerprint density at radius 3 is 2.43 bits per heavy atom. The van der Waals surface area contributed by atoms with Gasteiger partial charge in [-0.1, -0.05) is 13.8 Å². The molecule has 0 bridgehead atoms. The quantitative estimate of drug-likeness (QED) is 0.839. The van der Waals surface area contributed by atoms with Crippen molar-refractivity contribution in [2.45, 2.75) is 25.2 Å². The van der Waals surface area contributed by atoms with Crippen LogP contribution >= 0.6 is 0 Å². The molecule has 8 heteroatoms. The smallest absolute Gasteiger partial charge is 0.246 e. The van der Waals surface area contributed by atoms with Crippen LogP contribution in [0, 0.1) is 17.6 Å². The highest BCUT2D eigenvalue weighted by Gasteiger charge is 2.30. The zero-order valence-electron chi connectivity index (χ0n) is 13.1. The van der Waals surface area contributed by atoms with E-state index in [-0.39, 0.29) is 31.5 Å². The summed E-state index contributed by atoms with van der Waals surface area (Å²) in [6.07, 6.45) is 0.473. The summed E-state index contributed by atoms with van der Waals surface area (Å²) in [5, 5.41) is 0. The first-order valence-corrected chi connectivity index (χ1v) is 8.91. The maximum absolute atomic E-state index is 13.8. The Hall–Kier alpha value is -1.54. The summed E-state index contributed by atoms with van der Waals surface area (Å²) < 4.78 is 53.0.